The molecule has 22 heavy (non-hydrogen) atoms. The lowest BCUT2D eigenvalue weighted by Crippen LogP contribution is -2.16. The van der Waals surface area contributed by atoms with Gasteiger partial charge in [0.25, 0.3) is 0 Å². The molecule has 0 heterocycles. The third kappa shape index (κ3) is 3.88. The average Bonchev–Trinajstić information content (AvgIpc) is 2.58. The van der Waals surface area contributed by atoms with Gasteiger partial charge in [-0.15, -0.1) is 0 Å². The quantitative estimate of drug-likeness (QED) is 0.475. The van der Waals surface area contributed by atoms with Crippen LogP contribution in [0.1, 0.15) is 0 Å². The Hall–Kier alpha value is -2.75. The molecule has 0 saturated carbocycles. The predicted molar refractivity (Wildman–Crippen MR) is 84.0 cm³/mol. The van der Waals surface area contributed by atoms with E-state index in [4.69, 9.17) is 14.2 Å². The molecule has 0 N–H and O–H groups in total. The van der Waals surface area contributed by atoms with Crippen molar-refractivity contribution in [3.05, 3.63) is 78.3 Å². The Labute approximate surface area is 130 Å². The number of benzene rings is 1. The van der Waals surface area contributed by atoms with Gasteiger partial charge in [-0.3, -0.25) is 0 Å². The maximum absolute atomic E-state index is 11.9. The summed E-state index contributed by atoms with van der Waals surface area (Å²) in [4.78, 5) is 11.9. The number of hydrogen-bond acceptors (Lipinski definition) is 4. The summed E-state index contributed by atoms with van der Waals surface area (Å²) < 4.78 is 15.5. The van der Waals surface area contributed by atoms with E-state index < -0.39 is 5.97 Å². The Bertz CT molecular complexity index is 624. The van der Waals surface area contributed by atoms with E-state index in [1.807, 2.05) is 54.6 Å². The van der Waals surface area contributed by atoms with Crippen LogP contribution in [0.3, 0.4) is 0 Å². The topological polar surface area (TPSA) is 44.8 Å². The maximum atomic E-state index is 11.9. The minimum atomic E-state index is -0.433. The lowest BCUT2D eigenvalue weighted by atomic mass is 9.89. The van der Waals surface area contributed by atoms with Crippen LogP contribution in [0.5, 0.6) is 5.75 Å². The minimum absolute atomic E-state index is 0.277. The first-order valence-corrected chi connectivity index (χ1v) is 6.84. The van der Waals surface area contributed by atoms with Crippen molar-refractivity contribution in [3.63, 3.8) is 0 Å². The van der Waals surface area contributed by atoms with E-state index in [1.165, 1.54) is 20.5 Å². The van der Waals surface area contributed by atoms with E-state index in [0.717, 1.165) is 11.3 Å². The third-order valence-electron chi connectivity index (χ3n) is 3.14. The molecule has 0 saturated heterocycles. The Balaban J connectivity index is 2.25. The van der Waals surface area contributed by atoms with Gasteiger partial charge in [-0.25, -0.2) is 4.79 Å². The second-order valence-electron chi connectivity index (χ2n) is 4.57. The number of allylic oxidation sites excluding steroid dienone is 5. The third-order valence-corrected chi connectivity index (χ3v) is 3.14. The number of carbonyl (C=O) groups excluding carboxylic acids is 1. The Morgan fingerprint density at radius 3 is 2.59 bits per heavy atom. The number of methoxy groups -OCH3 is 2. The molecule has 0 aromatic heterocycles. The van der Waals surface area contributed by atoms with Gasteiger partial charge in [0.15, 0.2) is 0 Å². The van der Waals surface area contributed by atoms with Crippen LogP contribution in [0.15, 0.2) is 78.3 Å². The molecule has 4 heteroatoms. The lowest BCUT2D eigenvalue weighted by molar-refractivity contribution is -0.136. The highest BCUT2D eigenvalue weighted by Crippen LogP contribution is 2.27. The fraction of sp³-hybridized carbons (Fsp3) is 0.167. The van der Waals surface area contributed by atoms with Crippen LogP contribution in [-0.2, 0) is 14.3 Å². The smallest absolute Gasteiger partial charge is 0.337 e. The van der Waals surface area contributed by atoms with Gasteiger partial charge in [0.05, 0.1) is 32.3 Å². The molecular weight excluding hydrogens is 280 g/mol. The normalized spacial score (nSPS) is 19.1. The zero-order valence-corrected chi connectivity index (χ0v) is 12.6. The standard InChI is InChI=1S/C18H18O4/c1-20-13-17(18(19)21-2)16-11-7-6-8-14(16)12-22-15-9-4-3-5-10-15/h3-13,16H,1-2H3/b14-12-,17-13-. The second-order valence-corrected chi connectivity index (χ2v) is 4.57. The molecule has 0 amide bonds. The van der Waals surface area contributed by atoms with Crippen LogP contribution in [0, 0.1) is 5.92 Å². The van der Waals surface area contributed by atoms with E-state index in [9.17, 15) is 4.79 Å². The molecule has 1 unspecified atom stereocenters. The van der Waals surface area contributed by atoms with Gasteiger partial charge in [0.2, 0.25) is 0 Å². The lowest BCUT2D eigenvalue weighted by Gasteiger charge is -2.18. The van der Waals surface area contributed by atoms with Crippen molar-refractivity contribution in [3.8, 4) is 5.75 Å². The van der Waals surface area contributed by atoms with Crippen LogP contribution >= 0.6 is 0 Å². The molecule has 114 valence electrons. The number of hydrogen-bond donors (Lipinski definition) is 0. The molecular formula is C18H18O4. The molecule has 0 fully saturated rings. The monoisotopic (exact) mass is 298 g/mol. The first kappa shape index (κ1) is 15.6. The summed E-state index contributed by atoms with van der Waals surface area (Å²) in [6.07, 6.45) is 10.6. The van der Waals surface area contributed by atoms with Crippen molar-refractivity contribution in [1.82, 2.24) is 0 Å². The summed E-state index contributed by atoms with van der Waals surface area (Å²) in [6.45, 7) is 0. The number of ether oxygens (including phenoxy) is 3. The molecule has 2 rings (SSSR count). The summed E-state index contributed by atoms with van der Waals surface area (Å²) in [6, 6.07) is 9.43. The summed E-state index contributed by atoms with van der Waals surface area (Å²) in [5.41, 5.74) is 1.24. The predicted octanol–water partition coefficient (Wildman–Crippen LogP) is 3.39. The number of para-hydroxylation sites is 1. The number of rotatable bonds is 5. The fourth-order valence-electron chi connectivity index (χ4n) is 2.08. The first-order valence-electron chi connectivity index (χ1n) is 6.84. The van der Waals surface area contributed by atoms with Crippen molar-refractivity contribution in [2.45, 2.75) is 0 Å². The van der Waals surface area contributed by atoms with Crippen molar-refractivity contribution < 1.29 is 19.0 Å². The summed E-state index contributed by atoms with van der Waals surface area (Å²) in [5, 5.41) is 0. The van der Waals surface area contributed by atoms with Crippen LogP contribution in [-0.4, -0.2) is 20.2 Å². The van der Waals surface area contributed by atoms with E-state index >= 15 is 0 Å². The largest absolute Gasteiger partial charge is 0.504 e. The maximum Gasteiger partial charge on any atom is 0.337 e. The highest BCUT2D eigenvalue weighted by atomic mass is 16.5. The van der Waals surface area contributed by atoms with Gasteiger partial charge >= 0.3 is 5.97 Å². The van der Waals surface area contributed by atoms with Gasteiger partial charge in [-0.2, -0.15) is 0 Å². The summed E-state index contributed by atoms with van der Waals surface area (Å²) in [7, 11) is 2.84. The SMILES string of the molecule is CO/C=C(\C(=O)OC)C1C=CC=C/C1=C/Oc1ccccc1. The highest BCUT2D eigenvalue weighted by molar-refractivity contribution is 5.90. The fourth-order valence-corrected chi connectivity index (χ4v) is 2.08. The Kier molecular flexibility index (Phi) is 5.60. The molecule has 1 aromatic carbocycles. The molecule has 0 bridgehead atoms. The summed E-state index contributed by atoms with van der Waals surface area (Å²) >= 11 is 0. The van der Waals surface area contributed by atoms with Gasteiger partial charge in [0.1, 0.15) is 5.75 Å². The first-order chi connectivity index (χ1) is 10.8. The molecule has 0 radical (unpaired) electrons. The molecule has 0 aliphatic heterocycles. The minimum Gasteiger partial charge on any atom is -0.504 e. The zero-order chi connectivity index (χ0) is 15.8. The molecule has 0 spiro atoms. The van der Waals surface area contributed by atoms with Crippen molar-refractivity contribution in [1.29, 1.82) is 0 Å². The van der Waals surface area contributed by atoms with E-state index in [1.54, 1.807) is 6.26 Å². The van der Waals surface area contributed by atoms with E-state index in [2.05, 4.69) is 0 Å². The van der Waals surface area contributed by atoms with Crippen LogP contribution in [0.25, 0.3) is 0 Å². The van der Waals surface area contributed by atoms with Crippen molar-refractivity contribution in [2.24, 2.45) is 5.92 Å². The van der Waals surface area contributed by atoms with Gasteiger partial charge in [-0.1, -0.05) is 42.5 Å². The average molecular weight is 298 g/mol. The van der Waals surface area contributed by atoms with Gasteiger partial charge in [0, 0.05) is 5.92 Å². The summed E-state index contributed by atoms with van der Waals surface area (Å²) in [5.74, 6) is 0.0190. The Morgan fingerprint density at radius 1 is 1.14 bits per heavy atom. The number of esters is 1. The number of carbonyl (C=O) groups is 1. The van der Waals surface area contributed by atoms with Gasteiger partial charge < -0.3 is 14.2 Å². The molecule has 1 atom stereocenters. The van der Waals surface area contributed by atoms with Crippen molar-refractivity contribution >= 4 is 5.97 Å². The zero-order valence-electron chi connectivity index (χ0n) is 12.6. The van der Waals surface area contributed by atoms with Crippen LogP contribution in [0.2, 0.25) is 0 Å². The van der Waals surface area contributed by atoms with Crippen LogP contribution < -0.4 is 4.74 Å². The molecule has 1 aliphatic carbocycles. The van der Waals surface area contributed by atoms with E-state index in [0.29, 0.717) is 5.57 Å². The molecule has 1 aromatic rings. The second kappa shape index (κ2) is 7.88. The van der Waals surface area contributed by atoms with Crippen LogP contribution in [0.4, 0.5) is 0 Å². The highest BCUT2D eigenvalue weighted by Gasteiger charge is 2.24. The molecule has 4 nitrogen and oxygen atoms in total. The van der Waals surface area contributed by atoms with Crippen molar-refractivity contribution in [2.75, 3.05) is 14.2 Å². The van der Waals surface area contributed by atoms with Gasteiger partial charge in [-0.05, 0) is 17.7 Å². The molecule has 1 aliphatic rings. The van der Waals surface area contributed by atoms with E-state index in [-0.39, 0.29) is 5.92 Å². The Morgan fingerprint density at radius 2 is 1.91 bits per heavy atom.